The second-order valence-electron chi connectivity index (χ2n) is 7.55. The highest BCUT2D eigenvalue weighted by Gasteiger charge is 2.18. The standard InChI is InChI=1S/C24H30N4O3/c1-5-13-27(14-6-2)23-24(30)28(20-10-8-7-9-18(20)26-23)16-22(29)25-19-15-17(3)11-12-21(19)31-4/h7-12,15H,5-6,13-14,16H2,1-4H3,(H,25,29). The molecule has 7 nitrogen and oxygen atoms in total. The number of fused-ring (bicyclic) bond motifs is 1. The molecule has 164 valence electrons. The van der Waals surface area contributed by atoms with Crippen molar-refractivity contribution < 1.29 is 9.53 Å². The van der Waals surface area contributed by atoms with E-state index in [4.69, 9.17) is 4.74 Å². The highest BCUT2D eigenvalue weighted by Crippen LogP contribution is 2.25. The van der Waals surface area contributed by atoms with Crippen LogP contribution in [0.15, 0.2) is 47.3 Å². The molecule has 0 fully saturated rings. The van der Waals surface area contributed by atoms with E-state index >= 15 is 0 Å². The molecule has 0 aliphatic heterocycles. The summed E-state index contributed by atoms with van der Waals surface area (Å²) >= 11 is 0. The number of para-hydroxylation sites is 2. The molecule has 0 bridgehead atoms. The number of carbonyl (C=O) groups excluding carboxylic acids is 1. The quantitative estimate of drug-likeness (QED) is 0.564. The van der Waals surface area contributed by atoms with E-state index in [9.17, 15) is 9.59 Å². The van der Waals surface area contributed by atoms with E-state index in [1.165, 1.54) is 4.57 Å². The number of aromatic nitrogens is 2. The van der Waals surface area contributed by atoms with Crippen molar-refractivity contribution in [3.8, 4) is 5.75 Å². The second kappa shape index (κ2) is 10.1. The van der Waals surface area contributed by atoms with E-state index < -0.39 is 0 Å². The third-order valence-electron chi connectivity index (χ3n) is 5.05. The van der Waals surface area contributed by atoms with Crippen LogP contribution in [-0.4, -0.2) is 35.7 Å². The molecule has 3 aromatic rings. The Labute approximate surface area is 182 Å². The van der Waals surface area contributed by atoms with Crippen molar-refractivity contribution in [2.45, 2.75) is 40.2 Å². The van der Waals surface area contributed by atoms with Gasteiger partial charge in [0.2, 0.25) is 5.91 Å². The minimum absolute atomic E-state index is 0.113. The zero-order chi connectivity index (χ0) is 22.4. The molecular formula is C24H30N4O3. The Morgan fingerprint density at radius 2 is 1.84 bits per heavy atom. The minimum Gasteiger partial charge on any atom is -0.495 e. The molecule has 0 aliphatic rings. The Morgan fingerprint density at radius 1 is 1.13 bits per heavy atom. The summed E-state index contributed by atoms with van der Waals surface area (Å²) in [6, 6.07) is 13.0. The molecule has 0 unspecified atom stereocenters. The third-order valence-corrected chi connectivity index (χ3v) is 5.05. The van der Waals surface area contributed by atoms with Gasteiger partial charge >= 0.3 is 0 Å². The minimum atomic E-state index is -0.300. The number of carbonyl (C=O) groups is 1. The number of nitrogens with zero attached hydrogens (tertiary/aromatic N) is 3. The molecule has 1 heterocycles. The summed E-state index contributed by atoms with van der Waals surface area (Å²) in [5, 5.41) is 2.88. The lowest BCUT2D eigenvalue weighted by atomic mass is 10.2. The maximum absolute atomic E-state index is 13.4. The molecule has 1 N–H and O–H groups in total. The van der Waals surface area contributed by atoms with Gasteiger partial charge in [-0.15, -0.1) is 0 Å². The SMILES string of the molecule is CCCN(CCC)c1nc2ccccc2n(CC(=O)Nc2cc(C)ccc2OC)c1=O. The normalized spacial score (nSPS) is 10.8. The van der Waals surface area contributed by atoms with Crippen molar-refractivity contribution in [1.29, 1.82) is 0 Å². The van der Waals surface area contributed by atoms with Crippen molar-refractivity contribution in [2.75, 3.05) is 30.4 Å². The molecule has 0 atom stereocenters. The first-order valence-corrected chi connectivity index (χ1v) is 10.7. The van der Waals surface area contributed by atoms with Crippen LogP contribution >= 0.6 is 0 Å². The molecule has 0 aliphatic carbocycles. The maximum Gasteiger partial charge on any atom is 0.294 e. The van der Waals surface area contributed by atoms with Gasteiger partial charge in [0.15, 0.2) is 5.82 Å². The molecular weight excluding hydrogens is 392 g/mol. The van der Waals surface area contributed by atoms with Crippen LogP contribution in [-0.2, 0) is 11.3 Å². The van der Waals surface area contributed by atoms with Crippen LogP contribution in [0.4, 0.5) is 11.5 Å². The Hall–Kier alpha value is -3.35. The molecule has 2 aromatic carbocycles. The van der Waals surface area contributed by atoms with E-state index in [0.717, 1.165) is 31.5 Å². The van der Waals surface area contributed by atoms with Crippen LogP contribution in [0.1, 0.15) is 32.3 Å². The van der Waals surface area contributed by atoms with Crippen molar-refractivity contribution >= 4 is 28.4 Å². The summed E-state index contributed by atoms with van der Waals surface area (Å²) in [6.45, 7) is 7.45. The lowest BCUT2D eigenvalue weighted by Gasteiger charge is -2.23. The summed E-state index contributed by atoms with van der Waals surface area (Å²) < 4.78 is 6.86. The number of anilines is 2. The fraction of sp³-hybridized carbons (Fsp3) is 0.375. The number of aryl methyl sites for hydroxylation is 1. The van der Waals surface area contributed by atoms with Crippen LogP contribution < -0.4 is 20.5 Å². The van der Waals surface area contributed by atoms with Gasteiger partial charge < -0.3 is 15.0 Å². The van der Waals surface area contributed by atoms with Gasteiger partial charge in [0.25, 0.3) is 5.56 Å². The van der Waals surface area contributed by atoms with E-state index in [-0.39, 0.29) is 18.0 Å². The lowest BCUT2D eigenvalue weighted by molar-refractivity contribution is -0.116. The zero-order valence-corrected chi connectivity index (χ0v) is 18.6. The van der Waals surface area contributed by atoms with Crippen LogP contribution in [0.3, 0.4) is 0 Å². The Bertz CT molecular complexity index is 1120. The summed E-state index contributed by atoms with van der Waals surface area (Å²) in [5.41, 5.74) is 2.65. The number of nitrogens with one attached hydrogen (secondary N) is 1. The number of ether oxygens (including phenoxy) is 1. The van der Waals surface area contributed by atoms with Crippen molar-refractivity contribution in [2.24, 2.45) is 0 Å². The Kier molecular flexibility index (Phi) is 7.28. The monoisotopic (exact) mass is 422 g/mol. The fourth-order valence-corrected chi connectivity index (χ4v) is 3.66. The van der Waals surface area contributed by atoms with Crippen molar-refractivity contribution in [3.05, 3.63) is 58.4 Å². The highest BCUT2D eigenvalue weighted by molar-refractivity contribution is 5.93. The van der Waals surface area contributed by atoms with Gasteiger partial charge in [-0.3, -0.25) is 14.2 Å². The van der Waals surface area contributed by atoms with Crippen molar-refractivity contribution in [3.63, 3.8) is 0 Å². The predicted octanol–water partition coefficient (Wildman–Crippen LogP) is 3.98. The topological polar surface area (TPSA) is 76.5 Å². The Morgan fingerprint density at radius 3 is 2.52 bits per heavy atom. The van der Waals surface area contributed by atoms with Crippen molar-refractivity contribution in [1.82, 2.24) is 9.55 Å². The van der Waals surface area contributed by atoms with Gasteiger partial charge in [0, 0.05) is 13.1 Å². The van der Waals surface area contributed by atoms with Gasteiger partial charge in [0.05, 0.1) is 23.8 Å². The molecule has 1 aromatic heterocycles. The molecule has 3 rings (SSSR count). The largest absolute Gasteiger partial charge is 0.495 e. The number of benzene rings is 2. The number of hydrogen-bond acceptors (Lipinski definition) is 5. The zero-order valence-electron chi connectivity index (χ0n) is 18.6. The van der Waals surface area contributed by atoms with E-state index in [1.54, 1.807) is 7.11 Å². The molecule has 0 spiro atoms. The van der Waals surface area contributed by atoms with Gasteiger partial charge in [-0.2, -0.15) is 0 Å². The highest BCUT2D eigenvalue weighted by atomic mass is 16.5. The summed E-state index contributed by atoms with van der Waals surface area (Å²) in [4.78, 5) is 33.0. The van der Waals surface area contributed by atoms with Crippen LogP contribution in [0.25, 0.3) is 11.0 Å². The summed E-state index contributed by atoms with van der Waals surface area (Å²) in [5.74, 6) is 0.665. The average molecular weight is 423 g/mol. The van der Waals surface area contributed by atoms with Crippen LogP contribution in [0, 0.1) is 6.92 Å². The number of methoxy groups -OCH3 is 1. The predicted molar refractivity (Wildman–Crippen MR) is 125 cm³/mol. The molecule has 0 saturated carbocycles. The van der Waals surface area contributed by atoms with Gasteiger partial charge in [0.1, 0.15) is 12.3 Å². The summed E-state index contributed by atoms with van der Waals surface area (Å²) in [7, 11) is 1.56. The van der Waals surface area contributed by atoms with Crippen LogP contribution in [0.2, 0.25) is 0 Å². The fourth-order valence-electron chi connectivity index (χ4n) is 3.66. The van der Waals surface area contributed by atoms with Crippen LogP contribution in [0.5, 0.6) is 5.75 Å². The number of hydrogen-bond donors (Lipinski definition) is 1. The smallest absolute Gasteiger partial charge is 0.294 e. The van der Waals surface area contributed by atoms with Gasteiger partial charge in [-0.25, -0.2) is 4.98 Å². The maximum atomic E-state index is 13.4. The van der Waals surface area contributed by atoms with E-state index in [2.05, 4.69) is 24.1 Å². The first kappa shape index (κ1) is 22.3. The molecule has 1 amide bonds. The lowest BCUT2D eigenvalue weighted by Crippen LogP contribution is -2.36. The Balaban J connectivity index is 2.01. The van der Waals surface area contributed by atoms with E-state index in [1.807, 2.05) is 54.3 Å². The number of rotatable bonds is 9. The average Bonchev–Trinajstić information content (AvgIpc) is 2.75. The van der Waals surface area contributed by atoms with Gasteiger partial charge in [-0.1, -0.05) is 32.0 Å². The molecule has 7 heteroatoms. The first-order chi connectivity index (χ1) is 15.0. The first-order valence-electron chi connectivity index (χ1n) is 10.7. The summed E-state index contributed by atoms with van der Waals surface area (Å²) in [6.07, 6.45) is 1.81. The van der Waals surface area contributed by atoms with Gasteiger partial charge in [-0.05, 0) is 49.6 Å². The third kappa shape index (κ3) is 5.05. The second-order valence-corrected chi connectivity index (χ2v) is 7.55. The molecule has 31 heavy (non-hydrogen) atoms. The molecule has 0 radical (unpaired) electrons. The number of amides is 1. The van der Waals surface area contributed by atoms with E-state index in [0.29, 0.717) is 28.3 Å². The molecule has 0 saturated heterocycles.